The van der Waals surface area contributed by atoms with E-state index in [1.165, 1.54) is 19.2 Å². The van der Waals surface area contributed by atoms with Gasteiger partial charge in [-0.25, -0.2) is 17.9 Å². The van der Waals surface area contributed by atoms with Crippen LogP contribution in [0, 0.1) is 6.92 Å². The molecule has 3 aromatic rings. The first-order valence-corrected chi connectivity index (χ1v) is 11.6. The van der Waals surface area contributed by atoms with E-state index in [0.29, 0.717) is 22.6 Å². The van der Waals surface area contributed by atoms with Gasteiger partial charge in [-0.15, -0.1) is 0 Å². The van der Waals surface area contributed by atoms with E-state index in [4.69, 9.17) is 18.7 Å². The zero-order chi connectivity index (χ0) is 23.6. The van der Waals surface area contributed by atoms with Crippen molar-refractivity contribution in [3.63, 3.8) is 0 Å². The molecule has 1 fully saturated rings. The summed E-state index contributed by atoms with van der Waals surface area (Å²) in [5.74, 6) is 0.745. The predicted octanol–water partition coefficient (Wildman–Crippen LogP) is 2.86. The number of nitrogens with zero attached hydrogens (tertiary/aromatic N) is 2. The number of carbonyl (C=O) groups is 1. The normalized spacial score (nSPS) is 13.5. The fourth-order valence-corrected chi connectivity index (χ4v) is 4.42. The Hall–Kier alpha value is -3.44. The number of aryl methyl sites for hydroxylation is 1. The Kier molecular flexibility index (Phi) is 6.34. The van der Waals surface area contributed by atoms with E-state index in [0.717, 1.165) is 12.8 Å². The fourth-order valence-electron chi connectivity index (χ4n) is 3.09. The summed E-state index contributed by atoms with van der Waals surface area (Å²) in [6, 6.07) is 9.45. The molecule has 0 unspecified atom stereocenters. The molecule has 174 valence electrons. The van der Waals surface area contributed by atoms with Crippen molar-refractivity contribution in [3.8, 4) is 22.9 Å². The van der Waals surface area contributed by atoms with Gasteiger partial charge in [-0.05, 0) is 49.6 Å². The lowest BCUT2D eigenvalue weighted by atomic mass is 10.1. The van der Waals surface area contributed by atoms with Crippen LogP contribution in [-0.2, 0) is 21.4 Å². The Morgan fingerprint density at radius 1 is 1.15 bits per heavy atom. The molecule has 1 N–H and O–H groups in total. The van der Waals surface area contributed by atoms with Crippen molar-refractivity contribution in [2.75, 3.05) is 14.2 Å². The van der Waals surface area contributed by atoms with Gasteiger partial charge in [0, 0.05) is 12.1 Å². The first-order chi connectivity index (χ1) is 15.8. The molecule has 0 bridgehead atoms. The number of sulfonamides is 1. The summed E-state index contributed by atoms with van der Waals surface area (Å²) in [6.45, 7) is 1.42. The highest BCUT2D eigenvalue weighted by molar-refractivity contribution is 7.89. The summed E-state index contributed by atoms with van der Waals surface area (Å²) in [5, 5.41) is 3.91. The van der Waals surface area contributed by atoms with Gasteiger partial charge in [0.1, 0.15) is 11.5 Å². The van der Waals surface area contributed by atoms with Crippen molar-refractivity contribution in [3.05, 3.63) is 53.4 Å². The lowest BCUT2D eigenvalue weighted by Crippen LogP contribution is -2.26. The molecule has 2 aromatic carbocycles. The third-order valence-electron chi connectivity index (χ3n) is 5.08. The van der Waals surface area contributed by atoms with Gasteiger partial charge in [-0.3, -0.25) is 0 Å². The maximum absolute atomic E-state index is 12.6. The maximum atomic E-state index is 12.6. The van der Waals surface area contributed by atoms with E-state index < -0.39 is 16.0 Å². The van der Waals surface area contributed by atoms with E-state index in [1.54, 1.807) is 38.3 Å². The second-order valence-electron chi connectivity index (χ2n) is 7.53. The highest BCUT2D eigenvalue weighted by atomic mass is 32.2. The molecule has 0 spiro atoms. The van der Waals surface area contributed by atoms with Crippen LogP contribution >= 0.6 is 0 Å². The molecule has 0 saturated heterocycles. The summed E-state index contributed by atoms with van der Waals surface area (Å²) < 4.78 is 48.5. The Balaban J connectivity index is 1.47. The van der Waals surface area contributed by atoms with Crippen molar-refractivity contribution >= 4 is 16.0 Å². The quantitative estimate of drug-likeness (QED) is 0.466. The predicted molar refractivity (Wildman–Crippen MR) is 116 cm³/mol. The summed E-state index contributed by atoms with van der Waals surface area (Å²) in [7, 11) is -0.636. The second kappa shape index (κ2) is 9.20. The fraction of sp³-hybridized carbons (Fsp3) is 0.318. The standard InChI is InChI=1S/C22H23N3O7S/c1-13-4-8-16(33(27,28)25-14-5-6-14)11-18(13)22(26)31-12-20-23-21(24-32-20)17-9-7-15(29-2)10-19(17)30-3/h4,7-11,14,25H,5-6,12H2,1-3H3. The molecule has 1 aromatic heterocycles. The summed E-state index contributed by atoms with van der Waals surface area (Å²) in [5.41, 5.74) is 1.31. The maximum Gasteiger partial charge on any atom is 0.338 e. The Morgan fingerprint density at radius 2 is 1.94 bits per heavy atom. The van der Waals surface area contributed by atoms with E-state index in [1.807, 2.05) is 0 Å². The lowest BCUT2D eigenvalue weighted by molar-refractivity contribution is 0.0428. The number of methoxy groups -OCH3 is 2. The molecule has 0 aliphatic heterocycles. The van der Waals surface area contributed by atoms with Crippen LogP contribution in [-0.4, -0.2) is 44.8 Å². The van der Waals surface area contributed by atoms with Crippen LogP contribution in [0.5, 0.6) is 11.5 Å². The van der Waals surface area contributed by atoms with Crippen LogP contribution in [0.2, 0.25) is 0 Å². The number of hydrogen-bond acceptors (Lipinski definition) is 9. The molecule has 10 nitrogen and oxygen atoms in total. The molecule has 0 radical (unpaired) electrons. The van der Waals surface area contributed by atoms with E-state index in [2.05, 4.69) is 14.9 Å². The van der Waals surface area contributed by atoms with Gasteiger partial charge < -0.3 is 18.7 Å². The van der Waals surface area contributed by atoms with Gasteiger partial charge in [-0.2, -0.15) is 4.98 Å². The smallest absolute Gasteiger partial charge is 0.338 e. The van der Waals surface area contributed by atoms with Gasteiger partial charge in [-0.1, -0.05) is 11.2 Å². The molecule has 4 rings (SSSR count). The molecular formula is C22H23N3O7S. The number of nitrogens with one attached hydrogen (secondary N) is 1. The molecule has 33 heavy (non-hydrogen) atoms. The topological polar surface area (TPSA) is 130 Å². The van der Waals surface area contributed by atoms with Crippen LogP contribution in [0.4, 0.5) is 0 Å². The highest BCUT2D eigenvalue weighted by Crippen LogP contribution is 2.31. The number of ether oxygens (including phenoxy) is 3. The molecular weight excluding hydrogens is 450 g/mol. The van der Waals surface area contributed by atoms with Crippen molar-refractivity contribution < 1.29 is 31.9 Å². The molecule has 11 heteroatoms. The van der Waals surface area contributed by atoms with E-state index in [9.17, 15) is 13.2 Å². The van der Waals surface area contributed by atoms with Crippen molar-refractivity contribution in [2.24, 2.45) is 0 Å². The summed E-state index contributed by atoms with van der Waals surface area (Å²) >= 11 is 0. The SMILES string of the molecule is COc1ccc(-c2noc(COC(=O)c3cc(S(=O)(=O)NC4CC4)ccc3C)n2)c(OC)c1. The number of hydrogen-bond donors (Lipinski definition) is 1. The van der Waals surface area contributed by atoms with Gasteiger partial charge in [0.2, 0.25) is 15.8 Å². The molecule has 1 aliphatic carbocycles. The average Bonchev–Trinajstić information content (AvgIpc) is 3.49. The minimum absolute atomic E-state index is 0.0126. The largest absolute Gasteiger partial charge is 0.497 e. The van der Waals surface area contributed by atoms with Crippen LogP contribution in [0.1, 0.15) is 34.7 Å². The highest BCUT2D eigenvalue weighted by Gasteiger charge is 2.28. The molecule has 1 saturated carbocycles. The van der Waals surface area contributed by atoms with Crippen LogP contribution in [0.3, 0.4) is 0 Å². The van der Waals surface area contributed by atoms with E-state index in [-0.39, 0.29) is 34.8 Å². The molecule has 0 atom stereocenters. The zero-order valence-corrected chi connectivity index (χ0v) is 19.1. The van der Waals surface area contributed by atoms with Crippen LogP contribution < -0.4 is 14.2 Å². The Morgan fingerprint density at radius 3 is 2.64 bits per heavy atom. The molecule has 1 aliphatic rings. The number of rotatable bonds is 9. The number of benzene rings is 2. The Bertz CT molecular complexity index is 1280. The number of carbonyl (C=O) groups excluding carboxylic acids is 1. The molecule has 1 heterocycles. The zero-order valence-electron chi connectivity index (χ0n) is 18.3. The third kappa shape index (κ3) is 5.15. The van der Waals surface area contributed by atoms with Crippen molar-refractivity contribution in [2.45, 2.75) is 37.3 Å². The Labute approximate surface area is 190 Å². The minimum Gasteiger partial charge on any atom is -0.497 e. The first-order valence-electron chi connectivity index (χ1n) is 10.2. The summed E-state index contributed by atoms with van der Waals surface area (Å²) in [4.78, 5) is 16.9. The first kappa shape index (κ1) is 22.7. The van der Waals surface area contributed by atoms with Gasteiger partial charge in [0.05, 0.1) is 30.2 Å². The van der Waals surface area contributed by atoms with Crippen molar-refractivity contribution in [1.82, 2.24) is 14.9 Å². The van der Waals surface area contributed by atoms with Crippen molar-refractivity contribution in [1.29, 1.82) is 0 Å². The average molecular weight is 474 g/mol. The molecule has 0 amide bonds. The van der Waals surface area contributed by atoms with Crippen LogP contribution in [0.25, 0.3) is 11.4 Å². The third-order valence-corrected chi connectivity index (χ3v) is 6.60. The lowest BCUT2D eigenvalue weighted by Gasteiger charge is -2.10. The van der Waals surface area contributed by atoms with Gasteiger partial charge >= 0.3 is 5.97 Å². The van der Waals surface area contributed by atoms with Crippen LogP contribution in [0.15, 0.2) is 45.8 Å². The van der Waals surface area contributed by atoms with E-state index >= 15 is 0 Å². The minimum atomic E-state index is -3.70. The summed E-state index contributed by atoms with van der Waals surface area (Å²) in [6.07, 6.45) is 1.63. The van der Waals surface area contributed by atoms with Gasteiger partial charge in [0.25, 0.3) is 5.89 Å². The number of esters is 1. The monoisotopic (exact) mass is 473 g/mol. The van der Waals surface area contributed by atoms with Gasteiger partial charge in [0.15, 0.2) is 6.61 Å². The number of aromatic nitrogens is 2. The second-order valence-corrected chi connectivity index (χ2v) is 9.24.